The fraction of sp³-hybridized carbons (Fsp3) is 0.500. The quantitative estimate of drug-likeness (QED) is 0.867. The van der Waals surface area contributed by atoms with E-state index in [1.54, 1.807) is 24.1 Å². The van der Waals surface area contributed by atoms with Crippen molar-refractivity contribution in [3.8, 4) is 5.75 Å². The van der Waals surface area contributed by atoms with Crippen LogP contribution in [-0.2, 0) is 0 Å². The van der Waals surface area contributed by atoms with E-state index in [0.29, 0.717) is 24.3 Å². The maximum absolute atomic E-state index is 12.5. The minimum absolute atomic E-state index is 0.0889. The summed E-state index contributed by atoms with van der Waals surface area (Å²) in [6.45, 7) is 4.32. The van der Waals surface area contributed by atoms with Gasteiger partial charge in [-0.15, -0.1) is 0 Å². The SMILES string of the molecule is COc1ccccc1C(=O)N1CC(O)CC1(C)C. The highest BCUT2D eigenvalue weighted by atomic mass is 16.5. The Morgan fingerprint density at radius 3 is 2.67 bits per heavy atom. The first-order valence-electron chi connectivity index (χ1n) is 6.09. The van der Waals surface area contributed by atoms with E-state index in [1.807, 2.05) is 26.0 Å². The predicted molar refractivity (Wildman–Crippen MR) is 68.7 cm³/mol. The average Bonchev–Trinajstić information content (AvgIpc) is 2.61. The van der Waals surface area contributed by atoms with Crippen molar-refractivity contribution >= 4 is 5.91 Å². The number of methoxy groups -OCH3 is 1. The van der Waals surface area contributed by atoms with Crippen molar-refractivity contribution in [1.29, 1.82) is 0 Å². The maximum atomic E-state index is 12.5. The van der Waals surface area contributed by atoms with Crippen LogP contribution in [0, 0.1) is 0 Å². The maximum Gasteiger partial charge on any atom is 0.258 e. The highest BCUT2D eigenvalue weighted by Crippen LogP contribution is 2.31. The molecule has 1 aromatic rings. The molecule has 0 bridgehead atoms. The molecule has 0 aliphatic carbocycles. The van der Waals surface area contributed by atoms with Gasteiger partial charge in [-0.25, -0.2) is 0 Å². The van der Waals surface area contributed by atoms with Crippen LogP contribution in [0.5, 0.6) is 5.75 Å². The zero-order valence-electron chi connectivity index (χ0n) is 11.0. The third-order valence-electron chi connectivity index (χ3n) is 3.44. The summed E-state index contributed by atoms with van der Waals surface area (Å²) in [4.78, 5) is 14.2. The number of para-hydroxylation sites is 1. The topological polar surface area (TPSA) is 49.8 Å². The van der Waals surface area contributed by atoms with Crippen molar-refractivity contribution in [2.75, 3.05) is 13.7 Å². The Kier molecular flexibility index (Phi) is 3.30. The molecule has 1 fully saturated rings. The first-order chi connectivity index (χ1) is 8.45. The van der Waals surface area contributed by atoms with E-state index in [2.05, 4.69) is 0 Å². The molecule has 4 heteroatoms. The van der Waals surface area contributed by atoms with E-state index in [4.69, 9.17) is 4.74 Å². The number of hydrogen-bond donors (Lipinski definition) is 1. The number of carbonyl (C=O) groups is 1. The van der Waals surface area contributed by atoms with E-state index in [0.717, 1.165) is 0 Å². The zero-order chi connectivity index (χ0) is 13.3. The number of benzene rings is 1. The summed E-state index contributed by atoms with van der Waals surface area (Å²) in [6.07, 6.45) is 0.159. The van der Waals surface area contributed by atoms with Crippen LogP contribution in [0.15, 0.2) is 24.3 Å². The highest BCUT2D eigenvalue weighted by molar-refractivity contribution is 5.97. The number of aliphatic hydroxyl groups excluding tert-OH is 1. The molecule has 18 heavy (non-hydrogen) atoms. The second kappa shape index (κ2) is 4.61. The number of amides is 1. The van der Waals surface area contributed by atoms with E-state index in [-0.39, 0.29) is 11.4 Å². The number of rotatable bonds is 2. The summed E-state index contributed by atoms with van der Waals surface area (Å²) in [5, 5.41) is 9.73. The van der Waals surface area contributed by atoms with Crippen LogP contribution in [0.1, 0.15) is 30.6 Å². The summed E-state index contributed by atoms with van der Waals surface area (Å²) in [6, 6.07) is 7.17. The van der Waals surface area contributed by atoms with Crippen molar-refractivity contribution in [3.05, 3.63) is 29.8 Å². The molecule has 0 spiro atoms. The molecule has 0 radical (unpaired) electrons. The third-order valence-corrected chi connectivity index (χ3v) is 3.44. The van der Waals surface area contributed by atoms with Crippen LogP contribution in [0.2, 0.25) is 0 Å². The molecule has 1 aliphatic heterocycles. The fourth-order valence-electron chi connectivity index (χ4n) is 2.53. The van der Waals surface area contributed by atoms with Gasteiger partial charge in [0.2, 0.25) is 0 Å². The molecule has 98 valence electrons. The number of β-amino-alcohol motifs (C(OH)–C–C–N with tert-alkyl or cyclic N) is 1. The smallest absolute Gasteiger partial charge is 0.258 e. The lowest BCUT2D eigenvalue weighted by molar-refractivity contribution is 0.0638. The molecule has 2 rings (SSSR count). The lowest BCUT2D eigenvalue weighted by Gasteiger charge is -2.31. The van der Waals surface area contributed by atoms with Gasteiger partial charge in [0.25, 0.3) is 5.91 Å². The van der Waals surface area contributed by atoms with Gasteiger partial charge < -0.3 is 14.7 Å². The molecule has 1 unspecified atom stereocenters. The summed E-state index contributed by atoms with van der Waals surface area (Å²) in [5.74, 6) is 0.480. The van der Waals surface area contributed by atoms with E-state index < -0.39 is 6.10 Å². The fourth-order valence-corrected chi connectivity index (χ4v) is 2.53. The van der Waals surface area contributed by atoms with Gasteiger partial charge in [0.1, 0.15) is 5.75 Å². The van der Waals surface area contributed by atoms with Gasteiger partial charge in [-0.2, -0.15) is 0 Å². The molecule has 1 saturated heterocycles. The highest BCUT2D eigenvalue weighted by Gasteiger charge is 2.41. The Labute approximate surface area is 107 Å². The Balaban J connectivity index is 2.32. The molecule has 1 heterocycles. The third kappa shape index (κ3) is 2.20. The van der Waals surface area contributed by atoms with Gasteiger partial charge in [-0.05, 0) is 32.4 Å². The minimum atomic E-state index is -0.446. The standard InChI is InChI=1S/C14H19NO3/c1-14(2)8-10(16)9-15(14)13(17)11-6-4-5-7-12(11)18-3/h4-7,10,16H,8-9H2,1-3H3. The summed E-state index contributed by atoms with van der Waals surface area (Å²) < 4.78 is 5.21. The number of carbonyl (C=O) groups excluding carboxylic acids is 1. The lowest BCUT2D eigenvalue weighted by Crippen LogP contribution is -2.42. The van der Waals surface area contributed by atoms with E-state index in [9.17, 15) is 9.90 Å². The Morgan fingerprint density at radius 2 is 2.11 bits per heavy atom. The largest absolute Gasteiger partial charge is 0.496 e. The number of likely N-dealkylation sites (tertiary alicyclic amines) is 1. The number of hydrogen-bond acceptors (Lipinski definition) is 3. The molecule has 4 nitrogen and oxygen atoms in total. The normalized spacial score (nSPS) is 22.0. The van der Waals surface area contributed by atoms with Gasteiger partial charge in [0.05, 0.1) is 18.8 Å². The number of aliphatic hydroxyl groups is 1. The molecular formula is C14H19NO3. The van der Waals surface area contributed by atoms with Crippen LogP contribution in [0.3, 0.4) is 0 Å². The Bertz CT molecular complexity index is 456. The Hall–Kier alpha value is -1.55. The van der Waals surface area contributed by atoms with Crippen LogP contribution in [0.25, 0.3) is 0 Å². The van der Waals surface area contributed by atoms with Crippen molar-refractivity contribution in [3.63, 3.8) is 0 Å². The minimum Gasteiger partial charge on any atom is -0.496 e. The van der Waals surface area contributed by atoms with Crippen molar-refractivity contribution in [2.24, 2.45) is 0 Å². The summed E-state index contributed by atoms with van der Waals surface area (Å²) in [7, 11) is 1.55. The molecule has 0 aromatic heterocycles. The van der Waals surface area contributed by atoms with Crippen molar-refractivity contribution in [1.82, 2.24) is 4.90 Å². The van der Waals surface area contributed by atoms with Crippen LogP contribution < -0.4 is 4.74 Å². The average molecular weight is 249 g/mol. The van der Waals surface area contributed by atoms with Gasteiger partial charge in [-0.1, -0.05) is 12.1 Å². The molecular weight excluding hydrogens is 230 g/mol. The lowest BCUT2D eigenvalue weighted by atomic mass is 10.0. The molecule has 1 N–H and O–H groups in total. The number of ether oxygens (including phenoxy) is 1. The number of nitrogens with zero attached hydrogens (tertiary/aromatic N) is 1. The first-order valence-corrected chi connectivity index (χ1v) is 6.09. The predicted octanol–water partition coefficient (Wildman–Crippen LogP) is 1.68. The zero-order valence-corrected chi connectivity index (χ0v) is 11.0. The van der Waals surface area contributed by atoms with Gasteiger partial charge >= 0.3 is 0 Å². The van der Waals surface area contributed by atoms with E-state index in [1.165, 1.54) is 0 Å². The first kappa shape index (κ1) is 12.9. The second-order valence-corrected chi connectivity index (χ2v) is 5.29. The van der Waals surface area contributed by atoms with Crippen LogP contribution >= 0.6 is 0 Å². The molecule has 1 amide bonds. The van der Waals surface area contributed by atoms with Crippen LogP contribution in [-0.4, -0.2) is 41.2 Å². The van der Waals surface area contributed by atoms with Gasteiger partial charge in [0, 0.05) is 12.1 Å². The second-order valence-electron chi connectivity index (χ2n) is 5.29. The molecule has 1 aromatic carbocycles. The van der Waals surface area contributed by atoms with Crippen LogP contribution in [0.4, 0.5) is 0 Å². The molecule has 1 aliphatic rings. The monoisotopic (exact) mass is 249 g/mol. The molecule has 1 atom stereocenters. The Morgan fingerprint density at radius 1 is 1.44 bits per heavy atom. The summed E-state index contributed by atoms with van der Waals surface area (Å²) in [5.41, 5.74) is 0.222. The van der Waals surface area contributed by atoms with Crippen molar-refractivity contribution in [2.45, 2.75) is 31.9 Å². The van der Waals surface area contributed by atoms with Gasteiger partial charge in [0.15, 0.2) is 0 Å². The summed E-state index contributed by atoms with van der Waals surface area (Å²) >= 11 is 0. The van der Waals surface area contributed by atoms with Crippen molar-refractivity contribution < 1.29 is 14.6 Å². The van der Waals surface area contributed by atoms with Gasteiger partial charge in [-0.3, -0.25) is 4.79 Å². The molecule has 0 saturated carbocycles. The van der Waals surface area contributed by atoms with E-state index >= 15 is 0 Å².